The minimum absolute atomic E-state index is 0.164. The summed E-state index contributed by atoms with van der Waals surface area (Å²) in [4.78, 5) is 14.8. The van der Waals surface area contributed by atoms with Gasteiger partial charge in [-0.05, 0) is 6.07 Å². The molecule has 9 heteroatoms. The first-order chi connectivity index (χ1) is 8.33. The number of hydrogen-bond donors (Lipinski definition) is 3. The fourth-order valence-corrected chi connectivity index (χ4v) is 1.85. The van der Waals surface area contributed by atoms with Crippen LogP contribution in [0.1, 0.15) is 0 Å². The Bertz CT molecular complexity index is 521. The molecule has 7 nitrogen and oxygen atoms in total. The molecule has 100 valence electrons. The summed E-state index contributed by atoms with van der Waals surface area (Å²) in [6.07, 6.45) is -0.744. The summed E-state index contributed by atoms with van der Waals surface area (Å²) >= 11 is 0. The van der Waals surface area contributed by atoms with Crippen LogP contribution in [0.3, 0.4) is 0 Å². The second kappa shape index (κ2) is 3.97. The van der Waals surface area contributed by atoms with Crippen LogP contribution in [-0.4, -0.2) is 45.0 Å². The Morgan fingerprint density at radius 3 is 2.89 bits per heavy atom. The first-order valence-electron chi connectivity index (χ1n) is 5.01. The van der Waals surface area contributed by atoms with Crippen molar-refractivity contribution >= 4 is 5.82 Å². The monoisotopic (exact) mass is 263 g/mol. The fourth-order valence-electron chi connectivity index (χ4n) is 1.85. The molecule has 0 saturated carbocycles. The second-order valence-electron chi connectivity index (χ2n) is 3.92. The predicted molar refractivity (Wildman–Crippen MR) is 54.9 cm³/mol. The highest BCUT2D eigenvalue weighted by Gasteiger charge is 2.65. The Hall–Kier alpha value is -1.58. The van der Waals surface area contributed by atoms with Crippen LogP contribution in [0.4, 0.5) is 14.6 Å². The lowest BCUT2D eigenvalue weighted by Gasteiger charge is -2.32. The maximum Gasteiger partial charge on any atom is 0.352 e. The van der Waals surface area contributed by atoms with Gasteiger partial charge >= 0.3 is 11.6 Å². The first kappa shape index (κ1) is 12.9. The normalized spacial score (nSPS) is 30.6. The van der Waals surface area contributed by atoms with Crippen molar-refractivity contribution in [1.82, 2.24) is 9.55 Å². The predicted octanol–water partition coefficient (Wildman–Crippen LogP) is -1.50. The molecule has 4 N–H and O–H groups in total. The molecule has 0 unspecified atom stereocenters. The number of anilines is 1. The van der Waals surface area contributed by atoms with Gasteiger partial charge in [-0.1, -0.05) is 0 Å². The number of aromatic nitrogens is 2. The molecule has 1 fully saturated rings. The third kappa shape index (κ3) is 1.59. The van der Waals surface area contributed by atoms with E-state index in [9.17, 15) is 18.7 Å². The number of aliphatic hydroxyl groups is 2. The van der Waals surface area contributed by atoms with Gasteiger partial charge < -0.3 is 20.7 Å². The van der Waals surface area contributed by atoms with Gasteiger partial charge in [0.25, 0.3) is 0 Å². The van der Waals surface area contributed by atoms with Crippen LogP contribution in [0.5, 0.6) is 0 Å². The Balaban J connectivity index is 2.61. The molecule has 1 aliphatic heterocycles. The number of ether oxygens (including phenoxy) is 1. The van der Waals surface area contributed by atoms with Crippen molar-refractivity contribution in [3.63, 3.8) is 0 Å². The molecule has 0 radical (unpaired) electrons. The van der Waals surface area contributed by atoms with Gasteiger partial charge in [0.2, 0.25) is 5.72 Å². The van der Waals surface area contributed by atoms with Crippen LogP contribution in [0.2, 0.25) is 0 Å². The van der Waals surface area contributed by atoms with Crippen LogP contribution in [0.15, 0.2) is 17.1 Å². The highest BCUT2D eigenvalue weighted by Crippen LogP contribution is 2.42. The molecule has 1 aromatic rings. The maximum atomic E-state index is 13.7. The standard InChI is InChI=1S/C9H11F2N3O4/c10-8(11)4-18-5(3-15)9(8,17)14-2-1-6(12)13-7(14)16/h1-2,5,15,17H,3-4H2,(H2,12,13,16)/t5-,9-/m0/s1. The molecule has 0 aliphatic carbocycles. The summed E-state index contributed by atoms with van der Waals surface area (Å²) in [5.41, 5.74) is 1.09. The molecule has 0 spiro atoms. The average molecular weight is 263 g/mol. The van der Waals surface area contributed by atoms with Crippen molar-refractivity contribution in [3.8, 4) is 0 Å². The molecule has 0 bridgehead atoms. The van der Waals surface area contributed by atoms with Crippen LogP contribution in [0.25, 0.3) is 0 Å². The minimum atomic E-state index is -3.73. The van der Waals surface area contributed by atoms with Crippen molar-refractivity contribution in [3.05, 3.63) is 22.7 Å². The van der Waals surface area contributed by atoms with E-state index in [-0.39, 0.29) is 5.82 Å². The highest BCUT2D eigenvalue weighted by molar-refractivity contribution is 5.24. The topological polar surface area (TPSA) is 111 Å². The maximum absolute atomic E-state index is 13.7. The molecule has 1 aromatic heterocycles. The number of nitrogen functional groups attached to an aromatic ring is 1. The Kier molecular flexibility index (Phi) is 2.84. The quantitative estimate of drug-likeness (QED) is 0.598. The van der Waals surface area contributed by atoms with E-state index in [0.29, 0.717) is 4.57 Å². The SMILES string of the molecule is Nc1ccn([C@]2(O)[C@H](CO)OCC2(F)F)c(=O)n1. The van der Waals surface area contributed by atoms with E-state index in [1.807, 2.05) is 0 Å². The number of rotatable bonds is 2. The van der Waals surface area contributed by atoms with E-state index in [1.54, 1.807) is 0 Å². The molecule has 18 heavy (non-hydrogen) atoms. The zero-order valence-corrected chi connectivity index (χ0v) is 9.08. The lowest BCUT2D eigenvalue weighted by Crippen LogP contribution is -2.58. The summed E-state index contributed by atoms with van der Waals surface area (Å²) < 4.78 is 32.3. The van der Waals surface area contributed by atoms with E-state index in [1.165, 1.54) is 0 Å². The van der Waals surface area contributed by atoms with Crippen LogP contribution < -0.4 is 11.4 Å². The molecular formula is C9H11F2N3O4. The summed E-state index contributed by atoms with van der Waals surface area (Å²) in [6, 6.07) is 1.09. The minimum Gasteiger partial charge on any atom is -0.393 e. The lowest BCUT2D eigenvalue weighted by atomic mass is 10.0. The van der Waals surface area contributed by atoms with Gasteiger partial charge in [0.15, 0.2) is 0 Å². The third-order valence-electron chi connectivity index (χ3n) is 2.81. The Labute approximate surface area is 99.4 Å². The van der Waals surface area contributed by atoms with Gasteiger partial charge in [-0.3, -0.25) is 4.57 Å². The van der Waals surface area contributed by atoms with Crippen molar-refractivity contribution in [2.24, 2.45) is 0 Å². The molecule has 0 aromatic carbocycles. The number of hydrogen-bond acceptors (Lipinski definition) is 6. The summed E-state index contributed by atoms with van der Waals surface area (Å²) in [5, 5.41) is 19.0. The average Bonchev–Trinajstić information content (AvgIpc) is 2.50. The summed E-state index contributed by atoms with van der Waals surface area (Å²) in [6.45, 7) is -1.98. The number of nitrogens with zero attached hydrogens (tertiary/aromatic N) is 2. The van der Waals surface area contributed by atoms with E-state index in [2.05, 4.69) is 9.72 Å². The molecule has 2 atom stereocenters. The number of nitrogens with two attached hydrogens (primary N) is 1. The third-order valence-corrected chi connectivity index (χ3v) is 2.81. The zero-order chi connectivity index (χ0) is 13.6. The van der Waals surface area contributed by atoms with Crippen molar-refractivity contribution in [1.29, 1.82) is 0 Å². The largest absolute Gasteiger partial charge is 0.393 e. The molecule has 0 amide bonds. The van der Waals surface area contributed by atoms with Crippen molar-refractivity contribution in [2.45, 2.75) is 17.8 Å². The number of halogens is 2. The van der Waals surface area contributed by atoms with E-state index < -0.39 is 36.7 Å². The van der Waals surface area contributed by atoms with Crippen LogP contribution in [-0.2, 0) is 10.5 Å². The summed E-state index contributed by atoms with van der Waals surface area (Å²) in [5.74, 6) is -3.90. The highest BCUT2D eigenvalue weighted by atomic mass is 19.3. The molecular weight excluding hydrogens is 252 g/mol. The van der Waals surface area contributed by atoms with Crippen molar-refractivity contribution in [2.75, 3.05) is 18.9 Å². The zero-order valence-electron chi connectivity index (χ0n) is 9.08. The molecule has 1 saturated heterocycles. The lowest BCUT2D eigenvalue weighted by molar-refractivity contribution is -0.218. The van der Waals surface area contributed by atoms with Gasteiger partial charge in [-0.15, -0.1) is 0 Å². The molecule has 1 aliphatic rings. The molecule has 2 heterocycles. The number of alkyl halides is 2. The van der Waals surface area contributed by atoms with E-state index >= 15 is 0 Å². The fraction of sp³-hybridized carbons (Fsp3) is 0.556. The summed E-state index contributed by atoms with van der Waals surface area (Å²) in [7, 11) is 0. The smallest absolute Gasteiger partial charge is 0.352 e. The first-order valence-corrected chi connectivity index (χ1v) is 5.01. The van der Waals surface area contributed by atoms with Gasteiger partial charge in [0, 0.05) is 6.20 Å². The Morgan fingerprint density at radius 2 is 2.33 bits per heavy atom. The number of aliphatic hydroxyl groups excluding tert-OH is 1. The van der Waals surface area contributed by atoms with E-state index in [0.717, 1.165) is 12.3 Å². The Morgan fingerprint density at radius 1 is 1.67 bits per heavy atom. The van der Waals surface area contributed by atoms with Gasteiger partial charge in [-0.2, -0.15) is 13.8 Å². The van der Waals surface area contributed by atoms with Gasteiger partial charge in [0.05, 0.1) is 6.61 Å². The van der Waals surface area contributed by atoms with Gasteiger partial charge in [0.1, 0.15) is 18.5 Å². The van der Waals surface area contributed by atoms with Crippen LogP contribution >= 0.6 is 0 Å². The second-order valence-corrected chi connectivity index (χ2v) is 3.92. The van der Waals surface area contributed by atoms with E-state index in [4.69, 9.17) is 10.8 Å². The molecule has 2 rings (SSSR count). The van der Waals surface area contributed by atoms with Gasteiger partial charge in [-0.25, -0.2) is 4.79 Å². The van der Waals surface area contributed by atoms with Crippen LogP contribution in [0, 0.1) is 0 Å². The van der Waals surface area contributed by atoms with Crippen molar-refractivity contribution < 1.29 is 23.7 Å².